The number of piperidine rings is 1. The molecule has 0 bridgehead atoms. The van der Waals surface area contributed by atoms with Crippen LogP contribution in [0.4, 0.5) is 11.8 Å². The van der Waals surface area contributed by atoms with Gasteiger partial charge in [-0.25, -0.2) is 0 Å². The molecule has 0 spiro atoms. The van der Waals surface area contributed by atoms with Gasteiger partial charge in [0.25, 0.3) is 0 Å². The van der Waals surface area contributed by atoms with E-state index in [1.165, 1.54) is 12.8 Å². The van der Waals surface area contributed by atoms with Gasteiger partial charge < -0.3 is 25.0 Å². The zero-order chi connectivity index (χ0) is 17.4. The minimum atomic E-state index is 0.451. The van der Waals surface area contributed by atoms with E-state index in [0.717, 1.165) is 31.9 Å². The molecule has 0 radical (unpaired) electrons. The maximum atomic E-state index is 5.31. The summed E-state index contributed by atoms with van der Waals surface area (Å²) in [6.45, 7) is 5.70. The van der Waals surface area contributed by atoms with Gasteiger partial charge in [-0.2, -0.15) is 9.97 Å². The van der Waals surface area contributed by atoms with Crippen molar-refractivity contribution >= 4 is 29.1 Å². The quantitative estimate of drug-likeness (QED) is 0.570. The lowest BCUT2D eigenvalue weighted by atomic mass is 10.0. The van der Waals surface area contributed by atoms with E-state index in [-0.39, 0.29) is 0 Å². The van der Waals surface area contributed by atoms with Gasteiger partial charge >= 0.3 is 0 Å². The Balaban J connectivity index is 2.01. The Labute approximate surface area is 149 Å². The highest BCUT2D eigenvalue weighted by Gasteiger charge is 2.19. The lowest BCUT2D eigenvalue weighted by Gasteiger charge is -2.32. The van der Waals surface area contributed by atoms with Crippen molar-refractivity contribution in [3.8, 4) is 5.88 Å². The van der Waals surface area contributed by atoms with Crippen LogP contribution in [-0.4, -0.2) is 55.5 Å². The molecule has 8 heteroatoms. The number of methoxy groups -OCH3 is 2. The third-order valence-electron chi connectivity index (χ3n) is 3.92. The molecule has 0 aromatic carbocycles. The number of nitrogens with one attached hydrogen (secondary N) is 2. The highest BCUT2D eigenvalue weighted by Crippen LogP contribution is 2.24. The molecule has 0 amide bonds. The van der Waals surface area contributed by atoms with E-state index in [9.17, 15) is 0 Å². The summed E-state index contributed by atoms with van der Waals surface area (Å²) >= 11 is 5.29. The standard InChI is InChI=1S/C16H27N5O2S/c1-12-6-4-8-21(11-12)13-10-14(23-3)19-15(18-13)20-16(24)17-7-5-9-22-2/h10,12H,4-9,11H2,1-3H3,(H2,17,18,19,20,24)/t12-/m0/s1. The minimum Gasteiger partial charge on any atom is -0.481 e. The van der Waals surface area contributed by atoms with Crippen LogP contribution in [-0.2, 0) is 4.74 Å². The van der Waals surface area contributed by atoms with Gasteiger partial charge in [-0.05, 0) is 37.4 Å². The lowest BCUT2D eigenvalue weighted by molar-refractivity contribution is 0.196. The van der Waals surface area contributed by atoms with Crippen molar-refractivity contribution in [2.24, 2.45) is 5.92 Å². The fourth-order valence-electron chi connectivity index (χ4n) is 2.70. The number of aromatic nitrogens is 2. The number of anilines is 2. The van der Waals surface area contributed by atoms with Gasteiger partial charge in [0, 0.05) is 39.4 Å². The smallest absolute Gasteiger partial charge is 0.234 e. The number of hydrogen-bond acceptors (Lipinski definition) is 6. The summed E-state index contributed by atoms with van der Waals surface area (Å²) in [6.07, 6.45) is 3.32. The molecule has 1 aromatic rings. The predicted molar refractivity (Wildman–Crippen MR) is 99.9 cm³/mol. The van der Waals surface area contributed by atoms with Crippen LogP contribution in [0.5, 0.6) is 5.88 Å². The Morgan fingerprint density at radius 3 is 2.96 bits per heavy atom. The summed E-state index contributed by atoms with van der Waals surface area (Å²) in [5, 5.41) is 6.65. The predicted octanol–water partition coefficient (Wildman–Crippen LogP) is 2.04. The van der Waals surface area contributed by atoms with Gasteiger partial charge in [0.2, 0.25) is 11.8 Å². The first-order valence-electron chi connectivity index (χ1n) is 8.34. The number of hydrogen-bond donors (Lipinski definition) is 2. The number of thiocarbonyl (C=S) groups is 1. The highest BCUT2D eigenvalue weighted by molar-refractivity contribution is 7.80. The third kappa shape index (κ3) is 5.76. The number of nitrogens with zero attached hydrogens (tertiary/aromatic N) is 3. The zero-order valence-electron chi connectivity index (χ0n) is 14.7. The topological polar surface area (TPSA) is 71.5 Å². The van der Waals surface area contributed by atoms with Crippen LogP contribution in [0.2, 0.25) is 0 Å². The molecular formula is C16H27N5O2S. The summed E-state index contributed by atoms with van der Waals surface area (Å²) in [5.41, 5.74) is 0. The molecule has 1 aliphatic heterocycles. The van der Waals surface area contributed by atoms with Crippen LogP contribution in [0.15, 0.2) is 6.07 Å². The second-order valence-corrected chi connectivity index (χ2v) is 6.42. The third-order valence-corrected chi connectivity index (χ3v) is 4.16. The van der Waals surface area contributed by atoms with Crippen LogP contribution in [0.25, 0.3) is 0 Å². The zero-order valence-corrected chi connectivity index (χ0v) is 15.5. The molecule has 1 fully saturated rings. The second kappa shape index (κ2) is 9.58. The summed E-state index contributed by atoms with van der Waals surface area (Å²) in [6, 6.07) is 1.87. The molecule has 0 saturated carbocycles. The molecule has 1 saturated heterocycles. The molecule has 2 rings (SSSR count). The first kappa shape index (κ1) is 18.7. The van der Waals surface area contributed by atoms with Crippen molar-refractivity contribution in [3.63, 3.8) is 0 Å². The molecule has 0 aliphatic carbocycles. The van der Waals surface area contributed by atoms with Gasteiger partial charge in [-0.1, -0.05) is 6.92 Å². The normalized spacial score (nSPS) is 17.5. The van der Waals surface area contributed by atoms with Gasteiger partial charge in [0.05, 0.1) is 7.11 Å². The van der Waals surface area contributed by atoms with Crippen molar-refractivity contribution in [3.05, 3.63) is 6.07 Å². The summed E-state index contributed by atoms with van der Waals surface area (Å²) in [5.74, 6) is 2.52. The molecule has 24 heavy (non-hydrogen) atoms. The van der Waals surface area contributed by atoms with Gasteiger partial charge in [-0.3, -0.25) is 0 Å². The summed E-state index contributed by atoms with van der Waals surface area (Å²) in [4.78, 5) is 11.2. The fraction of sp³-hybridized carbons (Fsp3) is 0.688. The minimum absolute atomic E-state index is 0.451. The Bertz CT molecular complexity index is 543. The molecule has 1 aliphatic rings. The van der Waals surface area contributed by atoms with E-state index in [2.05, 4.69) is 32.4 Å². The SMILES string of the molecule is COCCCNC(=S)Nc1nc(OC)cc(N2CCC[C@H](C)C2)n1. The Kier molecular flexibility index (Phi) is 7.45. The monoisotopic (exact) mass is 353 g/mol. The summed E-state index contributed by atoms with van der Waals surface area (Å²) in [7, 11) is 3.29. The Morgan fingerprint density at radius 1 is 1.42 bits per heavy atom. The molecular weight excluding hydrogens is 326 g/mol. The van der Waals surface area contributed by atoms with Crippen molar-refractivity contribution in [2.45, 2.75) is 26.2 Å². The second-order valence-electron chi connectivity index (χ2n) is 6.01. The molecule has 1 aromatic heterocycles. The summed E-state index contributed by atoms with van der Waals surface area (Å²) < 4.78 is 10.3. The first-order chi connectivity index (χ1) is 11.6. The molecule has 2 heterocycles. The van der Waals surface area contributed by atoms with Crippen LogP contribution in [0.1, 0.15) is 26.2 Å². The highest BCUT2D eigenvalue weighted by atomic mass is 32.1. The van der Waals surface area contributed by atoms with Crippen molar-refractivity contribution in [1.29, 1.82) is 0 Å². The van der Waals surface area contributed by atoms with E-state index in [1.54, 1.807) is 14.2 Å². The van der Waals surface area contributed by atoms with Crippen LogP contribution >= 0.6 is 12.2 Å². The first-order valence-corrected chi connectivity index (χ1v) is 8.75. The van der Waals surface area contributed by atoms with Gasteiger partial charge in [0.15, 0.2) is 5.11 Å². The van der Waals surface area contributed by atoms with E-state index < -0.39 is 0 Å². The van der Waals surface area contributed by atoms with E-state index >= 15 is 0 Å². The van der Waals surface area contributed by atoms with E-state index in [0.29, 0.717) is 29.5 Å². The molecule has 134 valence electrons. The van der Waals surface area contributed by atoms with E-state index in [4.69, 9.17) is 21.7 Å². The van der Waals surface area contributed by atoms with Crippen LogP contribution < -0.4 is 20.3 Å². The average molecular weight is 353 g/mol. The van der Waals surface area contributed by atoms with E-state index in [1.807, 2.05) is 6.07 Å². The van der Waals surface area contributed by atoms with Crippen molar-refractivity contribution in [2.75, 3.05) is 50.7 Å². The van der Waals surface area contributed by atoms with Crippen molar-refractivity contribution < 1.29 is 9.47 Å². The van der Waals surface area contributed by atoms with Crippen LogP contribution in [0.3, 0.4) is 0 Å². The molecule has 7 nitrogen and oxygen atoms in total. The van der Waals surface area contributed by atoms with Crippen LogP contribution in [0, 0.1) is 5.92 Å². The Morgan fingerprint density at radius 2 is 2.25 bits per heavy atom. The molecule has 2 N–H and O–H groups in total. The number of rotatable bonds is 7. The maximum Gasteiger partial charge on any atom is 0.234 e. The molecule has 0 unspecified atom stereocenters. The number of ether oxygens (including phenoxy) is 2. The fourth-order valence-corrected chi connectivity index (χ4v) is 2.89. The van der Waals surface area contributed by atoms with Gasteiger partial charge in [-0.15, -0.1) is 0 Å². The largest absolute Gasteiger partial charge is 0.481 e. The average Bonchev–Trinajstić information content (AvgIpc) is 2.58. The Hall–Kier alpha value is -1.67. The molecule has 1 atom stereocenters. The van der Waals surface area contributed by atoms with Gasteiger partial charge in [0.1, 0.15) is 5.82 Å². The lowest BCUT2D eigenvalue weighted by Crippen LogP contribution is -2.35. The maximum absolute atomic E-state index is 5.31. The van der Waals surface area contributed by atoms with Crippen molar-refractivity contribution in [1.82, 2.24) is 15.3 Å².